The van der Waals surface area contributed by atoms with Crippen molar-refractivity contribution in [2.24, 2.45) is 5.92 Å². The van der Waals surface area contributed by atoms with Gasteiger partial charge >= 0.3 is 5.97 Å². The first-order valence-corrected chi connectivity index (χ1v) is 6.61. The first kappa shape index (κ1) is 13.1. The van der Waals surface area contributed by atoms with Crippen LogP contribution < -0.4 is 5.32 Å². The topological polar surface area (TPSA) is 51.5 Å². The Balaban J connectivity index is 1.82. The van der Waals surface area contributed by atoms with Crippen LogP contribution in [0.2, 0.25) is 0 Å². The van der Waals surface area contributed by atoms with E-state index in [1.54, 1.807) is 6.07 Å². The Hall–Kier alpha value is -1.29. The number of nitrogens with one attached hydrogen (secondary N) is 1. The average Bonchev–Trinajstić information content (AvgIpc) is 3.05. The average molecular weight is 251 g/mol. The quantitative estimate of drug-likeness (QED) is 0.817. The maximum Gasteiger partial charge on any atom is 0.373 e. The molecule has 100 valence electrons. The van der Waals surface area contributed by atoms with E-state index in [1.807, 2.05) is 6.07 Å². The van der Waals surface area contributed by atoms with Gasteiger partial charge in [-0.05, 0) is 37.8 Å². The van der Waals surface area contributed by atoms with Crippen molar-refractivity contribution in [3.63, 3.8) is 0 Å². The van der Waals surface area contributed by atoms with Gasteiger partial charge in [-0.3, -0.25) is 0 Å². The van der Waals surface area contributed by atoms with Crippen molar-refractivity contribution in [1.82, 2.24) is 5.32 Å². The van der Waals surface area contributed by atoms with Gasteiger partial charge < -0.3 is 14.5 Å². The molecule has 4 nitrogen and oxygen atoms in total. The van der Waals surface area contributed by atoms with Crippen LogP contribution in [0.3, 0.4) is 0 Å². The van der Waals surface area contributed by atoms with E-state index >= 15 is 0 Å². The number of carbonyl (C=O) groups excluding carboxylic acids is 1. The molecular formula is C14H21NO3. The van der Waals surface area contributed by atoms with Gasteiger partial charge in [0.2, 0.25) is 5.76 Å². The van der Waals surface area contributed by atoms with E-state index < -0.39 is 5.97 Å². The summed E-state index contributed by atoms with van der Waals surface area (Å²) in [6.07, 6.45) is 5.34. The number of furan rings is 1. The molecule has 4 heteroatoms. The molecule has 0 amide bonds. The summed E-state index contributed by atoms with van der Waals surface area (Å²) in [6.45, 7) is 2.88. The number of hydrogen-bond donors (Lipinski definition) is 1. The minimum atomic E-state index is -0.426. The first-order valence-electron chi connectivity index (χ1n) is 6.61. The highest BCUT2D eigenvalue weighted by molar-refractivity contribution is 5.86. The fourth-order valence-electron chi connectivity index (χ4n) is 2.57. The molecule has 0 bridgehead atoms. The molecule has 0 unspecified atom stereocenters. The summed E-state index contributed by atoms with van der Waals surface area (Å²) >= 11 is 0. The van der Waals surface area contributed by atoms with Crippen molar-refractivity contribution in [2.45, 2.75) is 45.2 Å². The van der Waals surface area contributed by atoms with Crippen LogP contribution in [-0.2, 0) is 11.3 Å². The van der Waals surface area contributed by atoms with Gasteiger partial charge in [-0.1, -0.05) is 12.8 Å². The van der Waals surface area contributed by atoms with E-state index in [9.17, 15) is 4.79 Å². The second kappa shape index (κ2) is 6.05. The summed E-state index contributed by atoms with van der Waals surface area (Å²) in [5.74, 6) is 1.40. The minimum absolute atomic E-state index is 0.266. The molecule has 0 aromatic carbocycles. The highest BCUT2D eigenvalue weighted by atomic mass is 16.5. The molecule has 1 atom stereocenters. The normalized spacial score (nSPS) is 17.9. The van der Waals surface area contributed by atoms with Crippen molar-refractivity contribution in [2.75, 3.05) is 7.11 Å². The Morgan fingerprint density at radius 3 is 2.89 bits per heavy atom. The summed E-state index contributed by atoms with van der Waals surface area (Å²) in [4.78, 5) is 11.2. The minimum Gasteiger partial charge on any atom is -0.463 e. The SMILES string of the molecule is COC(=O)c1ccc(CN[C@H](C)C2CCCC2)o1. The zero-order chi connectivity index (χ0) is 13.0. The lowest BCUT2D eigenvalue weighted by molar-refractivity contribution is 0.0562. The third-order valence-corrected chi connectivity index (χ3v) is 3.75. The van der Waals surface area contributed by atoms with Crippen LogP contribution in [0.4, 0.5) is 0 Å². The first-order chi connectivity index (χ1) is 8.70. The zero-order valence-corrected chi connectivity index (χ0v) is 11.1. The van der Waals surface area contributed by atoms with Crippen LogP contribution in [0.15, 0.2) is 16.5 Å². The molecule has 1 fully saturated rings. The van der Waals surface area contributed by atoms with E-state index in [1.165, 1.54) is 32.8 Å². The third kappa shape index (κ3) is 3.13. The number of ether oxygens (including phenoxy) is 1. The highest BCUT2D eigenvalue weighted by Gasteiger charge is 2.21. The van der Waals surface area contributed by atoms with Gasteiger partial charge in [0, 0.05) is 6.04 Å². The summed E-state index contributed by atoms with van der Waals surface area (Å²) in [5.41, 5.74) is 0. The van der Waals surface area contributed by atoms with E-state index in [0.717, 1.165) is 11.7 Å². The second-order valence-corrected chi connectivity index (χ2v) is 4.97. The molecule has 1 heterocycles. The number of carbonyl (C=O) groups is 1. The van der Waals surface area contributed by atoms with Crippen LogP contribution >= 0.6 is 0 Å². The van der Waals surface area contributed by atoms with Crippen molar-refractivity contribution in [3.8, 4) is 0 Å². The molecule has 1 aliphatic rings. The number of methoxy groups -OCH3 is 1. The maximum atomic E-state index is 11.2. The van der Waals surface area contributed by atoms with Gasteiger partial charge in [-0.25, -0.2) is 4.79 Å². The van der Waals surface area contributed by atoms with Gasteiger partial charge in [-0.2, -0.15) is 0 Å². The van der Waals surface area contributed by atoms with E-state index in [0.29, 0.717) is 12.6 Å². The van der Waals surface area contributed by atoms with Gasteiger partial charge in [0.05, 0.1) is 13.7 Å². The molecule has 1 saturated carbocycles. The lowest BCUT2D eigenvalue weighted by Crippen LogP contribution is -2.31. The summed E-state index contributed by atoms with van der Waals surface area (Å²) < 4.78 is 10.0. The van der Waals surface area contributed by atoms with Crippen LogP contribution in [0.5, 0.6) is 0 Å². The molecule has 1 aromatic rings. The predicted octanol–water partition coefficient (Wildman–Crippen LogP) is 2.73. The summed E-state index contributed by atoms with van der Waals surface area (Å²) in [5, 5.41) is 3.47. The Morgan fingerprint density at radius 1 is 1.50 bits per heavy atom. The Kier molecular flexibility index (Phi) is 4.42. The van der Waals surface area contributed by atoms with Crippen molar-refractivity contribution >= 4 is 5.97 Å². The van der Waals surface area contributed by atoms with Crippen molar-refractivity contribution < 1.29 is 13.9 Å². The van der Waals surface area contributed by atoms with E-state index in [2.05, 4.69) is 17.0 Å². The summed E-state index contributed by atoms with van der Waals surface area (Å²) in [7, 11) is 1.35. The molecule has 2 rings (SSSR count). The zero-order valence-electron chi connectivity index (χ0n) is 11.1. The lowest BCUT2D eigenvalue weighted by Gasteiger charge is -2.19. The standard InChI is InChI=1S/C14H21NO3/c1-10(11-5-3-4-6-11)15-9-12-7-8-13(18-12)14(16)17-2/h7-8,10-11,15H,3-6,9H2,1-2H3/t10-/m1/s1. The third-order valence-electron chi connectivity index (χ3n) is 3.75. The molecule has 1 aromatic heterocycles. The van der Waals surface area contributed by atoms with E-state index in [4.69, 9.17) is 4.42 Å². The largest absolute Gasteiger partial charge is 0.463 e. The maximum absolute atomic E-state index is 11.2. The molecule has 0 spiro atoms. The smallest absolute Gasteiger partial charge is 0.373 e. The fourth-order valence-corrected chi connectivity index (χ4v) is 2.57. The molecular weight excluding hydrogens is 230 g/mol. The van der Waals surface area contributed by atoms with E-state index in [-0.39, 0.29) is 5.76 Å². The van der Waals surface area contributed by atoms with Gasteiger partial charge in [0.1, 0.15) is 5.76 Å². The molecule has 0 saturated heterocycles. The number of esters is 1. The van der Waals surface area contributed by atoms with Gasteiger partial charge in [0.15, 0.2) is 0 Å². The summed E-state index contributed by atoms with van der Waals surface area (Å²) in [6, 6.07) is 3.98. The molecule has 0 radical (unpaired) electrons. The van der Waals surface area contributed by atoms with Gasteiger partial charge in [0.25, 0.3) is 0 Å². The Labute approximate surface area is 108 Å². The van der Waals surface area contributed by atoms with Crippen LogP contribution in [0.25, 0.3) is 0 Å². The Bertz CT molecular complexity index is 393. The lowest BCUT2D eigenvalue weighted by atomic mass is 10.00. The highest BCUT2D eigenvalue weighted by Crippen LogP contribution is 2.27. The number of rotatable bonds is 5. The molecule has 1 N–H and O–H groups in total. The molecule has 1 aliphatic carbocycles. The molecule has 18 heavy (non-hydrogen) atoms. The van der Waals surface area contributed by atoms with Gasteiger partial charge in [-0.15, -0.1) is 0 Å². The van der Waals surface area contributed by atoms with Crippen molar-refractivity contribution in [1.29, 1.82) is 0 Å². The Morgan fingerprint density at radius 2 is 2.22 bits per heavy atom. The monoisotopic (exact) mass is 251 g/mol. The number of hydrogen-bond acceptors (Lipinski definition) is 4. The van der Waals surface area contributed by atoms with Crippen LogP contribution in [0.1, 0.15) is 48.9 Å². The van der Waals surface area contributed by atoms with Crippen LogP contribution in [-0.4, -0.2) is 19.1 Å². The fraction of sp³-hybridized carbons (Fsp3) is 0.643. The predicted molar refractivity (Wildman–Crippen MR) is 68.3 cm³/mol. The van der Waals surface area contributed by atoms with Crippen LogP contribution in [0, 0.1) is 5.92 Å². The second-order valence-electron chi connectivity index (χ2n) is 4.97. The van der Waals surface area contributed by atoms with Crippen molar-refractivity contribution in [3.05, 3.63) is 23.7 Å². The molecule has 0 aliphatic heterocycles.